The number of hydrogen-bond acceptors (Lipinski definition) is 8. The second-order valence-corrected chi connectivity index (χ2v) is 10.9. The van der Waals surface area contributed by atoms with Crippen molar-refractivity contribution in [1.29, 1.82) is 0 Å². The van der Waals surface area contributed by atoms with Gasteiger partial charge in [0.15, 0.2) is 11.6 Å². The van der Waals surface area contributed by atoms with E-state index in [1.54, 1.807) is 22.7 Å². The summed E-state index contributed by atoms with van der Waals surface area (Å²) in [7, 11) is -3.81. The van der Waals surface area contributed by atoms with Gasteiger partial charge in [-0.3, -0.25) is 0 Å². The molecule has 4 heterocycles. The van der Waals surface area contributed by atoms with Crippen molar-refractivity contribution < 1.29 is 22.6 Å². The fraction of sp³-hybridized carbons (Fsp3) is 0.333. The molecule has 11 heteroatoms. The van der Waals surface area contributed by atoms with Crippen molar-refractivity contribution in [3.05, 3.63) is 66.6 Å². The summed E-state index contributed by atoms with van der Waals surface area (Å²) in [5.41, 5.74) is 7.37. The number of nitrogens with one attached hydrogen (secondary N) is 1. The normalized spacial score (nSPS) is 25.9. The zero-order chi connectivity index (χ0) is 24.4. The highest BCUT2D eigenvalue weighted by Gasteiger charge is 2.56. The number of aromatic nitrogens is 3. The molecule has 2 saturated heterocycles. The van der Waals surface area contributed by atoms with Gasteiger partial charge in [-0.1, -0.05) is 36.4 Å². The molecule has 2 aliphatic rings. The van der Waals surface area contributed by atoms with E-state index in [2.05, 4.69) is 14.8 Å². The van der Waals surface area contributed by atoms with Crippen LogP contribution in [-0.4, -0.2) is 53.7 Å². The highest BCUT2D eigenvalue weighted by molar-refractivity contribution is 7.89. The molecule has 0 aliphatic carbocycles. The Labute approximate surface area is 202 Å². The molecule has 2 aliphatic heterocycles. The zero-order valence-corrected chi connectivity index (χ0v) is 20.0. The number of benzene rings is 2. The minimum absolute atomic E-state index is 0.0170. The first kappa shape index (κ1) is 22.4. The predicted octanol–water partition coefficient (Wildman–Crippen LogP) is 2.40. The summed E-state index contributed by atoms with van der Waals surface area (Å²) in [6, 6.07) is 16.3. The number of fused-ring (bicyclic) bond motifs is 3. The number of sulfonamides is 1. The number of nitrogens with two attached hydrogens (primary N) is 1. The van der Waals surface area contributed by atoms with Crippen LogP contribution in [0.5, 0.6) is 0 Å². The maximum atomic E-state index is 13.3. The smallest absolute Gasteiger partial charge is 0.241 e. The highest BCUT2D eigenvalue weighted by atomic mass is 32.2. The molecular formula is C24H25N5O5S. The number of rotatable bonds is 5. The van der Waals surface area contributed by atoms with Gasteiger partial charge in [0.05, 0.1) is 10.6 Å². The highest BCUT2D eigenvalue weighted by Crippen LogP contribution is 2.45. The first-order valence-corrected chi connectivity index (χ1v) is 12.8. The minimum atomic E-state index is -3.81. The second kappa shape index (κ2) is 7.97. The molecule has 0 unspecified atom stereocenters. The molecule has 10 nitrogen and oxygen atoms in total. The van der Waals surface area contributed by atoms with Gasteiger partial charge in [0.2, 0.25) is 10.0 Å². The molecule has 0 radical (unpaired) electrons. The number of anilines is 1. The number of nitrogens with zero attached hydrogens (tertiary/aromatic N) is 3. The number of nitrogen functional groups attached to an aromatic ring is 1. The van der Waals surface area contributed by atoms with E-state index in [-0.39, 0.29) is 11.4 Å². The third-order valence-electron chi connectivity index (χ3n) is 6.47. The third kappa shape index (κ3) is 3.76. The van der Waals surface area contributed by atoms with Crippen LogP contribution in [0.4, 0.5) is 5.82 Å². The molecule has 4 atom stereocenters. The van der Waals surface area contributed by atoms with Crippen LogP contribution >= 0.6 is 0 Å². The number of hydrogen-bond donors (Lipinski definition) is 2. The van der Waals surface area contributed by atoms with Gasteiger partial charge in [0, 0.05) is 11.9 Å². The largest absolute Gasteiger partial charge is 0.382 e. The van der Waals surface area contributed by atoms with Crippen LogP contribution < -0.4 is 10.5 Å². The van der Waals surface area contributed by atoms with Gasteiger partial charge < -0.3 is 19.9 Å². The molecule has 0 amide bonds. The maximum absolute atomic E-state index is 13.3. The average molecular weight is 496 g/mol. The van der Waals surface area contributed by atoms with Gasteiger partial charge in [0.25, 0.3) is 0 Å². The van der Waals surface area contributed by atoms with Crippen LogP contribution in [0, 0.1) is 0 Å². The molecule has 6 rings (SSSR count). The molecule has 0 spiro atoms. The molecule has 0 saturated carbocycles. The van der Waals surface area contributed by atoms with Gasteiger partial charge in [-0.2, -0.15) is 5.10 Å². The Hall–Kier alpha value is -3.09. The quantitative estimate of drug-likeness (QED) is 0.432. The van der Waals surface area contributed by atoms with Crippen LogP contribution in [0.1, 0.15) is 25.6 Å². The Bertz CT molecular complexity index is 1530. The minimum Gasteiger partial charge on any atom is -0.382 e. The predicted molar refractivity (Wildman–Crippen MR) is 128 cm³/mol. The van der Waals surface area contributed by atoms with Crippen molar-refractivity contribution in [1.82, 2.24) is 19.3 Å². The van der Waals surface area contributed by atoms with Crippen molar-refractivity contribution in [2.75, 3.05) is 12.3 Å². The van der Waals surface area contributed by atoms with E-state index in [0.717, 1.165) is 11.1 Å². The SMILES string of the molecule is CC1(C)O[C@@H]2[C@H](O1)[C@@H](CNS(=O)(=O)c1cccc3ccccc13)O[C@H]2c1ccc2c(N)ncnn12. The van der Waals surface area contributed by atoms with Gasteiger partial charge in [0.1, 0.15) is 36.3 Å². The summed E-state index contributed by atoms with van der Waals surface area (Å²) >= 11 is 0. The van der Waals surface area contributed by atoms with Gasteiger partial charge in [-0.05, 0) is 37.4 Å². The van der Waals surface area contributed by atoms with E-state index in [0.29, 0.717) is 16.7 Å². The summed E-state index contributed by atoms with van der Waals surface area (Å²) in [5, 5.41) is 5.82. The summed E-state index contributed by atoms with van der Waals surface area (Å²) in [4.78, 5) is 4.25. The van der Waals surface area contributed by atoms with E-state index < -0.39 is 40.2 Å². The Balaban J connectivity index is 1.30. The molecule has 3 N–H and O–H groups in total. The molecular weight excluding hydrogens is 470 g/mol. The van der Waals surface area contributed by atoms with Gasteiger partial charge in [-0.15, -0.1) is 0 Å². The molecule has 2 aromatic carbocycles. The maximum Gasteiger partial charge on any atom is 0.241 e. The first-order chi connectivity index (χ1) is 16.7. The summed E-state index contributed by atoms with van der Waals surface area (Å²) in [6.07, 6.45) is -0.669. The van der Waals surface area contributed by atoms with E-state index >= 15 is 0 Å². The fourth-order valence-corrected chi connectivity index (χ4v) is 6.24. The van der Waals surface area contributed by atoms with Gasteiger partial charge in [-0.25, -0.2) is 22.6 Å². The van der Waals surface area contributed by atoms with Crippen molar-refractivity contribution >= 4 is 32.1 Å². The molecule has 35 heavy (non-hydrogen) atoms. The fourth-order valence-electron chi connectivity index (χ4n) is 4.97. The summed E-state index contributed by atoms with van der Waals surface area (Å²) < 4.78 is 49.6. The summed E-state index contributed by atoms with van der Waals surface area (Å²) in [5.74, 6) is -0.491. The van der Waals surface area contributed by atoms with Crippen LogP contribution in [0.3, 0.4) is 0 Å². The summed E-state index contributed by atoms with van der Waals surface area (Å²) in [6.45, 7) is 3.68. The number of ether oxygens (including phenoxy) is 3. The van der Waals surface area contributed by atoms with E-state index in [4.69, 9.17) is 19.9 Å². The molecule has 0 bridgehead atoms. The lowest BCUT2D eigenvalue weighted by molar-refractivity contribution is -0.187. The molecule has 182 valence electrons. The lowest BCUT2D eigenvalue weighted by Gasteiger charge is -2.24. The average Bonchev–Trinajstić information content (AvgIpc) is 3.49. The Morgan fingerprint density at radius 2 is 1.83 bits per heavy atom. The standard InChI is InChI=1S/C24H25N5O5S/c1-24(2)33-21-18(12-28-35(30,31)19-9-5-7-14-6-3-4-8-15(14)19)32-20(22(21)34-24)16-10-11-17-23(25)26-13-27-29(16)17/h3-11,13,18,20-22,28H,12H2,1-2H3,(H2,25,26,27)/t18-,20+,21-,22+/m1/s1. The van der Waals surface area contributed by atoms with Crippen molar-refractivity contribution in [3.8, 4) is 0 Å². The Kier molecular flexibility index (Phi) is 5.09. The lowest BCUT2D eigenvalue weighted by atomic mass is 10.1. The Morgan fingerprint density at radius 3 is 2.69 bits per heavy atom. The molecule has 2 fully saturated rings. The van der Waals surface area contributed by atoms with Crippen molar-refractivity contribution in [2.45, 2.75) is 48.9 Å². The third-order valence-corrected chi connectivity index (χ3v) is 7.95. The second-order valence-electron chi connectivity index (χ2n) is 9.19. The monoisotopic (exact) mass is 495 g/mol. The van der Waals surface area contributed by atoms with E-state index in [1.165, 1.54) is 6.33 Å². The van der Waals surface area contributed by atoms with Crippen molar-refractivity contribution in [3.63, 3.8) is 0 Å². The Morgan fingerprint density at radius 1 is 1.06 bits per heavy atom. The van der Waals surface area contributed by atoms with Gasteiger partial charge >= 0.3 is 0 Å². The van der Waals surface area contributed by atoms with Crippen LogP contribution in [0.15, 0.2) is 65.8 Å². The topological polar surface area (TPSA) is 130 Å². The van der Waals surface area contributed by atoms with Crippen LogP contribution in [0.2, 0.25) is 0 Å². The molecule has 2 aromatic heterocycles. The van der Waals surface area contributed by atoms with E-state index in [1.807, 2.05) is 50.2 Å². The van der Waals surface area contributed by atoms with Crippen LogP contribution in [0.25, 0.3) is 16.3 Å². The zero-order valence-electron chi connectivity index (χ0n) is 19.2. The van der Waals surface area contributed by atoms with Crippen LogP contribution in [-0.2, 0) is 24.2 Å². The molecule has 4 aromatic rings. The van der Waals surface area contributed by atoms with Crippen molar-refractivity contribution in [2.24, 2.45) is 0 Å². The first-order valence-electron chi connectivity index (χ1n) is 11.3. The lowest BCUT2D eigenvalue weighted by Crippen LogP contribution is -2.39. The van der Waals surface area contributed by atoms with E-state index in [9.17, 15) is 8.42 Å².